The summed E-state index contributed by atoms with van der Waals surface area (Å²) in [6, 6.07) is 0. The summed E-state index contributed by atoms with van der Waals surface area (Å²) in [6.45, 7) is 14.2. The van der Waals surface area contributed by atoms with Crippen molar-refractivity contribution < 1.29 is 80.2 Å². The normalized spacial score (nSPS) is 14.8. The molecule has 0 aliphatic rings. The topological polar surface area (TPSA) is 237 Å². The maximum atomic E-state index is 13.1. The Morgan fingerprint density at radius 3 is 0.763 bits per heavy atom. The van der Waals surface area contributed by atoms with E-state index in [1.165, 1.54) is 167 Å². The summed E-state index contributed by atoms with van der Waals surface area (Å²) in [5, 5.41) is 10.6. The number of ether oxygens (including phenoxy) is 4. The molecule has 0 aromatic heterocycles. The van der Waals surface area contributed by atoms with E-state index in [0.29, 0.717) is 31.6 Å². The van der Waals surface area contributed by atoms with E-state index in [1.54, 1.807) is 0 Å². The molecule has 552 valence electrons. The van der Waals surface area contributed by atoms with E-state index < -0.39 is 97.5 Å². The zero-order valence-electron chi connectivity index (χ0n) is 60.9. The van der Waals surface area contributed by atoms with Gasteiger partial charge in [0.05, 0.1) is 26.4 Å². The van der Waals surface area contributed by atoms with Crippen molar-refractivity contribution in [2.45, 2.75) is 388 Å². The number of aliphatic hydroxyl groups excluding tert-OH is 1. The number of carbonyl (C=O) groups is 4. The molecule has 0 spiro atoms. The number of hydrogen-bond donors (Lipinski definition) is 3. The molecular formula is C74H144O17P2. The summed E-state index contributed by atoms with van der Waals surface area (Å²) in [6.07, 6.45) is 47.1. The Balaban J connectivity index is 5.25. The Hall–Kier alpha value is -1.94. The largest absolute Gasteiger partial charge is 0.472 e. The van der Waals surface area contributed by atoms with Crippen molar-refractivity contribution in [2.75, 3.05) is 39.6 Å². The minimum Gasteiger partial charge on any atom is -0.462 e. The second-order valence-corrected chi connectivity index (χ2v) is 31.0. The highest BCUT2D eigenvalue weighted by molar-refractivity contribution is 7.47. The van der Waals surface area contributed by atoms with Crippen LogP contribution in [-0.4, -0.2) is 96.7 Å². The fourth-order valence-electron chi connectivity index (χ4n) is 11.1. The molecule has 19 heteroatoms. The Morgan fingerprint density at radius 1 is 0.301 bits per heavy atom. The molecule has 7 atom stereocenters. The van der Waals surface area contributed by atoms with Gasteiger partial charge in [0.2, 0.25) is 0 Å². The summed E-state index contributed by atoms with van der Waals surface area (Å²) in [4.78, 5) is 72.7. The molecule has 3 N–H and O–H groups in total. The third-order valence-corrected chi connectivity index (χ3v) is 19.7. The van der Waals surface area contributed by atoms with Crippen LogP contribution in [0.15, 0.2) is 0 Å². The van der Waals surface area contributed by atoms with E-state index in [1.807, 2.05) is 0 Å². The number of carbonyl (C=O) groups excluding carboxylic acids is 4. The molecule has 0 aliphatic carbocycles. The number of rotatable bonds is 71. The van der Waals surface area contributed by atoms with Crippen molar-refractivity contribution in [2.24, 2.45) is 23.7 Å². The number of hydrogen-bond acceptors (Lipinski definition) is 15. The van der Waals surface area contributed by atoms with Gasteiger partial charge in [0, 0.05) is 25.7 Å². The molecule has 0 aromatic rings. The SMILES string of the molecule is CCC(C)CCCCCCCCCCCCC(=O)OC[C@H](COP(=O)(O)OC[C@@H](O)COP(=O)(O)OC[C@@H](COC(=O)CCCCCCCCC(C)C)OC(=O)CCCCCCCCCCCCCCCC(C)C)OC(=O)CCCCCCCCCCCCC(C)CC. The number of aliphatic hydroxyl groups is 1. The first kappa shape index (κ1) is 91.1. The number of phosphoric acid groups is 2. The standard InChI is InChI=1S/C74H144O17P2/c1-9-66(7)52-44-36-27-21-16-18-23-29-38-46-54-71(76)84-60-69(90-74(79)57-49-41-31-25-19-17-22-28-37-45-53-67(8)10-2)62-88-92(80,81)86-58-68(75)59-87-93(82,83)89-63-70(61-85-72(77)55-47-39-33-32-35-43-51-65(5)6)91-73(78)56-48-40-30-24-15-13-11-12-14-20-26-34-42-50-64(3)4/h64-70,75H,9-63H2,1-8H3,(H,80,81)(H,82,83)/t66?,67?,68-,69-,70-/m1/s1. The van der Waals surface area contributed by atoms with Crippen LogP contribution in [0.3, 0.4) is 0 Å². The summed E-state index contributed by atoms with van der Waals surface area (Å²) < 4.78 is 68.4. The fourth-order valence-corrected chi connectivity index (χ4v) is 12.7. The molecule has 0 amide bonds. The first-order chi connectivity index (χ1) is 44.7. The number of phosphoric ester groups is 2. The van der Waals surface area contributed by atoms with Gasteiger partial charge in [-0.1, -0.05) is 319 Å². The minimum atomic E-state index is -4.96. The van der Waals surface area contributed by atoms with Crippen LogP contribution in [0, 0.1) is 23.7 Å². The molecule has 0 fully saturated rings. The first-order valence-corrected chi connectivity index (χ1v) is 41.3. The molecule has 0 radical (unpaired) electrons. The lowest BCUT2D eigenvalue weighted by Gasteiger charge is -2.21. The number of unbranched alkanes of at least 4 members (excludes halogenated alkanes) is 35. The van der Waals surface area contributed by atoms with Gasteiger partial charge in [-0.3, -0.25) is 37.3 Å². The third-order valence-electron chi connectivity index (χ3n) is 17.8. The van der Waals surface area contributed by atoms with Crippen LogP contribution in [0.1, 0.15) is 370 Å². The van der Waals surface area contributed by atoms with Crippen molar-refractivity contribution >= 4 is 39.5 Å². The third kappa shape index (κ3) is 65.8. The molecule has 0 aromatic carbocycles. The minimum absolute atomic E-state index is 0.106. The Labute approximate surface area is 568 Å². The summed E-state index contributed by atoms with van der Waals surface area (Å²) in [5.74, 6) is 0.954. The molecule has 0 bridgehead atoms. The van der Waals surface area contributed by atoms with E-state index in [2.05, 4.69) is 55.4 Å². The van der Waals surface area contributed by atoms with Gasteiger partial charge in [-0.25, -0.2) is 9.13 Å². The predicted molar refractivity (Wildman–Crippen MR) is 377 cm³/mol. The molecule has 17 nitrogen and oxygen atoms in total. The molecule has 0 saturated carbocycles. The van der Waals surface area contributed by atoms with E-state index in [4.69, 9.17) is 37.0 Å². The van der Waals surface area contributed by atoms with Crippen LogP contribution in [0.25, 0.3) is 0 Å². The molecule has 93 heavy (non-hydrogen) atoms. The highest BCUT2D eigenvalue weighted by Gasteiger charge is 2.30. The molecule has 4 unspecified atom stereocenters. The average molecular weight is 1370 g/mol. The van der Waals surface area contributed by atoms with Gasteiger partial charge >= 0.3 is 39.5 Å². The van der Waals surface area contributed by atoms with E-state index in [-0.39, 0.29) is 25.7 Å². The maximum absolute atomic E-state index is 13.1. The van der Waals surface area contributed by atoms with E-state index in [0.717, 1.165) is 114 Å². The fraction of sp³-hybridized carbons (Fsp3) is 0.946. The van der Waals surface area contributed by atoms with Crippen LogP contribution in [0.2, 0.25) is 0 Å². The van der Waals surface area contributed by atoms with Crippen molar-refractivity contribution in [3.8, 4) is 0 Å². The van der Waals surface area contributed by atoms with Crippen LogP contribution in [0.4, 0.5) is 0 Å². The van der Waals surface area contributed by atoms with Gasteiger partial charge in [0.25, 0.3) is 0 Å². The average Bonchev–Trinajstić information content (AvgIpc) is 1.98. The molecule has 0 saturated heterocycles. The van der Waals surface area contributed by atoms with Gasteiger partial charge < -0.3 is 33.8 Å². The van der Waals surface area contributed by atoms with E-state index >= 15 is 0 Å². The maximum Gasteiger partial charge on any atom is 0.472 e. The lowest BCUT2D eigenvalue weighted by Crippen LogP contribution is -2.30. The Kier molecular flexibility index (Phi) is 62.2. The summed E-state index contributed by atoms with van der Waals surface area (Å²) >= 11 is 0. The first-order valence-electron chi connectivity index (χ1n) is 38.3. The highest BCUT2D eigenvalue weighted by Crippen LogP contribution is 2.45. The van der Waals surface area contributed by atoms with Crippen LogP contribution in [0.5, 0.6) is 0 Å². The Bertz CT molecular complexity index is 1840. The van der Waals surface area contributed by atoms with Crippen LogP contribution >= 0.6 is 15.6 Å². The smallest absolute Gasteiger partial charge is 0.462 e. The van der Waals surface area contributed by atoms with Crippen molar-refractivity contribution in [3.63, 3.8) is 0 Å². The Morgan fingerprint density at radius 2 is 0.516 bits per heavy atom. The van der Waals surface area contributed by atoms with Gasteiger partial charge in [-0.05, 0) is 49.4 Å². The van der Waals surface area contributed by atoms with Gasteiger partial charge in [-0.2, -0.15) is 0 Å². The zero-order chi connectivity index (χ0) is 68.9. The lowest BCUT2D eigenvalue weighted by atomic mass is 9.99. The quantitative estimate of drug-likeness (QED) is 0.0222. The summed E-state index contributed by atoms with van der Waals surface area (Å²) in [7, 11) is -9.91. The highest BCUT2D eigenvalue weighted by atomic mass is 31.2. The second-order valence-electron chi connectivity index (χ2n) is 28.1. The monoisotopic (exact) mass is 1370 g/mol. The van der Waals surface area contributed by atoms with Crippen LogP contribution < -0.4 is 0 Å². The molecule has 0 heterocycles. The lowest BCUT2D eigenvalue weighted by molar-refractivity contribution is -0.161. The predicted octanol–water partition coefficient (Wildman–Crippen LogP) is 21.3. The van der Waals surface area contributed by atoms with Gasteiger partial charge in [-0.15, -0.1) is 0 Å². The van der Waals surface area contributed by atoms with Crippen molar-refractivity contribution in [3.05, 3.63) is 0 Å². The zero-order valence-corrected chi connectivity index (χ0v) is 62.7. The summed E-state index contributed by atoms with van der Waals surface area (Å²) in [5.41, 5.74) is 0. The molecular weight excluding hydrogens is 1220 g/mol. The van der Waals surface area contributed by atoms with Crippen LogP contribution in [-0.2, 0) is 65.4 Å². The number of esters is 4. The van der Waals surface area contributed by atoms with Crippen molar-refractivity contribution in [1.82, 2.24) is 0 Å². The molecule has 0 rings (SSSR count). The van der Waals surface area contributed by atoms with Gasteiger partial charge in [0.1, 0.15) is 19.3 Å². The van der Waals surface area contributed by atoms with Gasteiger partial charge in [0.15, 0.2) is 12.2 Å². The second kappa shape index (κ2) is 63.5. The van der Waals surface area contributed by atoms with Crippen molar-refractivity contribution in [1.29, 1.82) is 0 Å². The van der Waals surface area contributed by atoms with E-state index in [9.17, 15) is 43.2 Å². The molecule has 0 aliphatic heterocycles.